The van der Waals surface area contributed by atoms with Gasteiger partial charge in [-0.3, -0.25) is 4.57 Å². The number of aromatic nitrogens is 3. The first-order valence-corrected chi connectivity index (χ1v) is 5.69. The fraction of sp³-hybridized carbons (Fsp3) is 0.800. The number of hydrogen-bond acceptors (Lipinski definition) is 2. The maximum atomic E-state index is 6.04. The standard InChI is InChI=1S/C10H16ClN3/c1-3-9-12-13-10(11)14(9)8-5-4-7(2)6-8/h7-8H,3-6H2,1-2H3. The Balaban J connectivity index is 2.26. The van der Waals surface area contributed by atoms with Crippen LogP contribution in [0.4, 0.5) is 0 Å². The lowest BCUT2D eigenvalue weighted by Crippen LogP contribution is -2.09. The molecule has 1 aliphatic carbocycles. The van der Waals surface area contributed by atoms with Crippen LogP contribution in [0.2, 0.25) is 5.28 Å². The van der Waals surface area contributed by atoms with Gasteiger partial charge in [-0.05, 0) is 36.8 Å². The summed E-state index contributed by atoms with van der Waals surface area (Å²) in [5, 5.41) is 8.58. The van der Waals surface area contributed by atoms with Crippen LogP contribution in [0.5, 0.6) is 0 Å². The number of hydrogen-bond donors (Lipinski definition) is 0. The predicted molar refractivity (Wildman–Crippen MR) is 56.5 cm³/mol. The average Bonchev–Trinajstić information content (AvgIpc) is 2.71. The summed E-state index contributed by atoms with van der Waals surface area (Å²) in [5.74, 6) is 1.83. The van der Waals surface area contributed by atoms with Gasteiger partial charge in [0.05, 0.1) is 0 Å². The van der Waals surface area contributed by atoms with Crippen LogP contribution in [0.15, 0.2) is 0 Å². The zero-order valence-electron chi connectivity index (χ0n) is 8.70. The van der Waals surface area contributed by atoms with E-state index in [1.807, 2.05) is 0 Å². The summed E-state index contributed by atoms with van der Waals surface area (Å²) >= 11 is 6.04. The summed E-state index contributed by atoms with van der Waals surface area (Å²) in [5.41, 5.74) is 0. The summed E-state index contributed by atoms with van der Waals surface area (Å²) in [6.07, 6.45) is 4.63. The Morgan fingerprint density at radius 1 is 1.43 bits per heavy atom. The second kappa shape index (κ2) is 3.89. The van der Waals surface area contributed by atoms with Gasteiger partial charge in [0.2, 0.25) is 5.28 Å². The second-order valence-electron chi connectivity index (χ2n) is 4.18. The summed E-state index contributed by atoms with van der Waals surface area (Å²) in [7, 11) is 0. The highest BCUT2D eigenvalue weighted by Gasteiger charge is 2.26. The fourth-order valence-electron chi connectivity index (χ4n) is 2.32. The van der Waals surface area contributed by atoms with E-state index in [-0.39, 0.29) is 0 Å². The SMILES string of the molecule is CCc1nnc(Cl)n1C1CCC(C)C1. The Morgan fingerprint density at radius 3 is 2.79 bits per heavy atom. The summed E-state index contributed by atoms with van der Waals surface area (Å²) < 4.78 is 2.12. The topological polar surface area (TPSA) is 30.7 Å². The van der Waals surface area contributed by atoms with Crippen LogP contribution < -0.4 is 0 Å². The third kappa shape index (κ3) is 1.65. The normalized spacial score (nSPS) is 27.1. The molecule has 78 valence electrons. The highest BCUT2D eigenvalue weighted by molar-refractivity contribution is 6.28. The van der Waals surface area contributed by atoms with Gasteiger partial charge in [0.1, 0.15) is 5.82 Å². The lowest BCUT2D eigenvalue weighted by atomic mass is 10.1. The van der Waals surface area contributed by atoms with Crippen molar-refractivity contribution in [2.45, 2.75) is 45.6 Å². The van der Waals surface area contributed by atoms with Crippen molar-refractivity contribution in [3.05, 3.63) is 11.1 Å². The Bertz CT molecular complexity index is 321. The minimum absolute atomic E-state index is 0.530. The van der Waals surface area contributed by atoms with Gasteiger partial charge < -0.3 is 0 Å². The van der Waals surface area contributed by atoms with E-state index in [2.05, 4.69) is 28.6 Å². The van der Waals surface area contributed by atoms with Crippen molar-refractivity contribution in [2.75, 3.05) is 0 Å². The van der Waals surface area contributed by atoms with E-state index in [4.69, 9.17) is 11.6 Å². The van der Waals surface area contributed by atoms with E-state index in [0.717, 1.165) is 18.2 Å². The highest BCUT2D eigenvalue weighted by atomic mass is 35.5. The number of halogens is 1. The molecule has 1 saturated carbocycles. The minimum Gasteiger partial charge on any atom is -0.299 e. The van der Waals surface area contributed by atoms with Crippen LogP contribution in [0, 0.1) is 5.92 Å². The molecule has 1 heterocycles. The lowest BCUT2D eigenvalue weighted by Gasteiger charge is -2.14. The molecule has 1 fully saturated rings. The van der Waals surface area contributed by atoms with E-state index >= 15 is 0 Å². The molecule has 0 saturated heterocycles. The van der Waals surface area contributed by atoms with E-state index in [1.54, 1.807) is 0 Å². The monoisotopic (exact) mass is 213 g/mol. The molecule has 14 heavy (non-hydrogen) atoms. The van der Waals surface area contributed by atoms with Gasteiger partial charge in [-0.1, -0.05) is 13.8 Å². The van der Waals surface area contributed by atoms with E-state index in [9.17, 15) is 0 Å². The second-order valence-corrected chi connectivity index (χ2v) is 4.52. The summed E-state index contributed by atoms with van der Waals surface area (Å²) in [6.45, 7) is 4.39. The molecule has 1 aromatic rings. The molecule has 0 aromatic carbocycles. The molecule has 0 N–H and O–H groups in total. The van der Waals surface area contributed by atoms with Crippen LogP contribution in [0.3, 0.4) is 0 Å². The Kier molecular flexibility index (Phi) is 2.77. The van der Waals surface area contributed by atoms with Gasteiger partial charge in [0.25, 0.3) is 0 Å². The van der Waals surface area contributed by atoms with Crippen molar-refractivity contribution in [1.29, 1.82) is 0 Å². The van der Waals surface area contributed by atoms with E-state index in [1.165, 1.54) is 19.3 Å². The summed E-state index contributed by atoms with van der Waals surface area (Å²) in [6, 6.07) is 0.530. The molecule has 0 aliphatic heterocycles. The maximum Gasteiger partial charge on any atom is 0.225 e. The van der Waals surface area contributed by atoms with Crippen molar-refractivity contribution in [2.24, 2.45) is 5.92 Å². The predicted octanol–water partition coefficient (Wildman–Crippen LogP) is 2.86. The van der Waals surface area contributed by atoms with Gasteiger partial charge >= 0.3 is 0 Å². The van der Waals surface area contributed by atoms with Crippen molar-refractivity contribution in [1.82, 2.24) is 14.8 Å². The van der Waals surface area contributed by atoms with Crippen LogP contribution in [-0.2, 0) is 6.42 Å². The first-order valence-electron chi connectivity index (χ1n) is 5.31. The van der Waals surface area contributed by atoms with Gasteiger partial charge in [-0.15, -0.1) is 10.2 Å². The highest BCUT2D eigenvalue weighted by Crippen LogP contribution is 2.36. The molecule has 0 spiro atoms. The smallest absolute Gasteiger partial charge is 0.225 e. The van der Waals surface area contributed by atoms with Crippen molar-refractivity contribution in [3.63, 3.8) is 0 Å². The Morgan fingerprint density at radius 2 is 2.21 bits per heavy atom. The van der Waals surface area contributed by atoms with E-state index in [0.29, 0.717) is 11.3 Å². The lowest BCUT2D eigenvalue weighted by molar-refractivity contribution is 0.478. The largest absolute Gasteiger partial charge is 0.299 e. The van der Waals surface area contributed by atoms with Gasteiger partial charge in [0.15, 0.2) is 0 Å². The van der Waals surface area contributed by atoms with Gasteiger partial charge in [0, 0.05) is 12.5 Å². The minimum atomic E-state index is 0.530. The van der Waals surface area contributed by atoms with Crippen LogP contribution >= 0.6 is 11.6 Å². The molecule has 1 aliphatic rings. The molecule has 0 radical (unpaired) electrons. The molecule has 4 heteroatoms. The third-order valence-electron chi connectivity index (χ3n) is 3.07. The van der Waals surface area contributed by atoms with Crippen LogP contribution in [0.25, 0.3) is 0 Å². The van der Waals surface area contributed by atoms with Gasteiger partial charge in [-0.25, -0.2) is 0 Å². The Labute approximate surface area is 89.5 Å². The van der Waals surface area contributed by atoms with Crippen LogP contribution in [-0.4, -0.2) is 14.8 Å². The zero-order chi connectivity index (χ0) is 10.1. The molecule has 3 nitrogen and oxygen atoms in total. The molecule has 2 rings (SSSR count). The van der Waals surface area contributed by atoms with Crippen LogP contribution in [0.1, 0.15) is 45.0 Å². The molecule has 0 bridgehead atoms. The number of rotatable bonds is 2. The third-order valence-corrected chi connectivity index (χ3v) is 3.33. The van der Waals surface area contributed by atoms with E-state index < -0.39 is 0 Å². The number of aryl methyl sites for hydroxylation is 1. The fourth-order valence-corrected chi connectivity index (χ4v) is 2.59. The summed E-state index contributed by atoms with van der Waals surface area (Å²) in [4.78, 5) is 0. The molecular weight excluding hydrogens is 198 g/mol. The molecule has 2 unspecified atom stereocenters. The first kappa shape index (κ1) is 9.97. The molecule has 0 amide bonds. The first-order chi connectivity index (χ1) is 6.72. The van der Waals surface area contributed by atoms with Gasteiger partial charge in [-0.2, -0.15) is 0 Å². The molecule has 2 atom stereocenters. The van der Waals surface area contributed by atoms with Crippen molar-refractivity contribution < 1.29 is 0 Å². The number of nitrogens with zero attached hydrogens (tertiary/aromatic N) is 3. The quantitative estimate of drug-likeness (QED) is 0.757. The Hall–Kier alpha value is -0.570. The maximum absolute atomic E-state index is 6.04. The molecule has 1 aromatic heterocycles. The van der Waals surface area contributed by atoms with Crippen molar-refractivity contribution >= 4 is 11.6 Å². The average molecular weight is 214 g/mol. The zero-order valence-corrected chi connectivity index (χ0v) is 9.46. The van der Waals surface area contributed by atoms with Crippen molar-refractivity contribution in [3.8, 4) is 0 Å². The molecular formula is C10H16ClN3.